The molecule has 2 aliphatic rings. The van der Waals surface area contributed by atoms with Crippen LogP contribution in [0.3, 0.4) is 0 Å². The number of rotatable bonds is 7. The van der Waals surface area contributed by atoms with Gasteiger partial charge in [0, 0.05) is 32.7 Å². The molecule has 0 aliphatic carbocycles. The van der Waals surface area contributed by atoms with E-state index in [1.165, 1.54) is 10.5 Å². The average Bonchev–Trinajstić information content (AvgIpc) is 3.00. The number of carbonyl (C=O) groups is 3. The molecule has 2 fully saturated rings. The molecule has 1 aromatic carbocycles. The van der Waals surface area contributed by atoms with E-state index in [0.717, 1.165) is 0 Å². The minimum atomic E-state index is -0.232. The summed E-state index contributed by atoms with van der Waals surface area (Å²) < 4.78 is 4.98. The van der Waals surface area contributed by atoms with Crippen LogP contribution in [0.1, 0.15) is 37.7 Å². The molecule has 0 N–H and O–H groups in total. The number of imide groups is 1. The second kappa shape index (κ2) is 9.19. The average molecular weight is 387 g/mol. The van der Waals surface area contributed by atoms with Gasteiger partial charge in [0.05, 0.1) is 13.2 Å². The van der Waals surface area contributed by atoms with E-state index in [1.54, 1.807) is 12.0 Å². The summed E-state index contributed by atoms with van der Waals surface area (Å²) in [5.74, 6) is 0.163. The summed E-state index contributed by atoms with van der Waals surface area (Å²) >= 11 is 0. The fraction of sp³-hybridized carbons (Fsp3) is 0.571. The Morgan fingerprint density at radius 1 is 1.18 bits per heavy atom. The van der Waals surface area contributed by atoms with Gasteiger partial charge in [0.25, 0.3) is 0 Å². The molecule has 28 heavy (non-hydrogen) atoms. The van der Waals surface area contributed by atoms with Crippen LogP contribution >= 0.6 is 0 Å². The van der Waals surface area contributed by atoms with Gasteiger partial charge in [-0.15, -0.1) is 0 Å². The summed E-state index contributed by atoms with van der Waals surface area (Å²) in [6.07, 6.45) is 1.91. The Hall–Kier alpha value is -2.41. The molecular weight excluding hydrogens is 358 g/mol. The van der Waals surface area contributed by atoms with E-state index in [9.17, 15) is 14.4 Å². The quantitative estimate of drug-likeness (QED) is 0.672. The SMILES string of the molecule is COCCN1C(=O)CN(C2CCN(C(=O)CC(C)c3ccccc3)CC2)C1=O. The van der Waals surface area contributed by atoms with Crippen molar-refractivity contribution in [3.63, 3.8) is 0 Å². The number of benzene rings is 1. The first-order chi connectivity index (χ1) is 13.5. The van der Waals surface area contributed by atoms with Gasteiger partial charge in [-0.25, -0.2) is 4.79 Å². The predicted molar refractivity (Wildman–Crippen MR) is 105 cm³/mol. The van der Waals surface area contributed by atoms with Gasteiger partial charge in [-0.2, -0.15) is 0 Å². The van der Waals surface area contributed by atoms with Crippen LogP contribution in [-0.2, 0) is 14.3 Å². The van der Waals surface area contributed by atoms with Crippen LogP contribution in [0.5, 0.6) is 0 Å². The van der Waals surface area contributed by atoms with E-state index in [0.29, 0.717) is 45.5 Å². The molecule has 1 aromatic rings. The van der Waals surface area contributed by atoms with Crippen molar-refractivity contribution in [2.24, 2.45) is 0 Å². The Balaban J connectivity index is 1.50. The maximum atomic E-state index is 12.7. The molecule has 0 spiro atoms. The standard InChI is InChI=1S/C21H29N3O4/c1-16(17-6-4-3-5-7-17)14-19(25)22-10-8-18(9-11-22)24-15-20(26)23(21(24)27)12-13-28-2/h3-7,16,18H,8-15H2,1-2H3. The van der Waals surface area contributed by atoms with Gasteiger partial charge in [0.2, 0.25) is 11.8 Å². The number of amides is 4. The number of ether oxygens (including phenoxy) is 1. The number of piperidine rings is 1. The number of nitrogens with zero attached hydrogens (tertiary/aromatic N) is 3. The van der Waals surface area contributed by atoms with Crippen LogP contribution < -0.4 is 0 Å². The first-order valence-corrected chi connectivity index (χ1v) is 9.94. The monoisotopic (exact) mass is 387 g/mol. The van der Waals surface area contributed by atoms with E-state index < -0.39 is 0 Å². The summed E-state index contributed by atoms with van der Waals surface area (Å²) in [7, 11) is 1.55. The summed E-state index contributed by atoms with van der Waals surface area (Å²) in [5, 5.41) is 0. The fourth-order valence-corrected chi connectivity index (χ4v) is 3.97. The van der Waals surface area contributed by atoms with Gasteiger partial charge < -0.3 is 14.5 Å². The van der Waals surface area contributed by atoms with E-state index >= 15 is 0 Å². The van der Waals surface area contributed by atoms with Crippen molar-refractivity contribution in [3.05, 3.63) is 35.9 Å². The van der Waals surface area contributed by atoms with Crippen molar-refractivity contribution < 1.29 is 19.1 Å². The molecule has 3 rings (SSSR count). The summed E-state index contributed by atoms with van der Waals surface area (Å²) in [4.78, 5) is 42.1. The summed E-state index contributed by atoms with van der Waals surface area (Å²) in [6, 6.07) is 9.84. The van der Waals surface area contributed by atoms with Crippen molar-refractivity contribution >= 4 is 17.8 Å². The first-order valence-electron chi connectivity index (χ1n) is 9.94. The van der Waals surface area contributed by atoms with Crippen molar-refractivity contribution in [3.8, 4) is 0 Å². The molecule has 0 bridgehead atoms. The third kappa shape index (κ3) is 4.52. The lowest BCUT2D eigenvalue weighted by molar-refractivity contribution is -0.133. The van der Waals surface area contributed by atoms with E-state index in [4.69, 9.17) is 4.74 Å². The number of hydrogen-bond donors (Lipinski definition) is 0. The van der Waals surface area contributed by atoms with Gasteiger partial charge in [-0.1, -0.05) is 37.3 Å². The Morgan fingerprint density at radius 3 is 2.50 bits per heavy atom. The molecule has 7 nitrogen and oxygen atoms in total. The maximum absolute atomic E-state index is 12.7. The van der Waals surface area contributed by atoms with Gasteiger partial charge in [0.1, 0.15) is 6.54 Å². The number of likely N-dealkylation sites (tertiary alicyclic amines) is 1. The van der Waals surface area contributed by atoms with Crippen molar-refractivity contribution in [1.82, 2.24) is 14.7 Å². The Morgan fingerprint density at radius 2 is 1.86 bits per heavy atom. The second-order valence-electron chi connectivity index (χ2n) is 7.58. The molecule has 152 valence electrons. The van der Waals surface area contributed by atoms with E-state index in [2.05, 4.69) is 19.1 Å². The van der Waals surface area contributed by atoms with Crippen LogP contribution in [-0.4, -0.2) is 78.5 Å². The number of methoxy groups -OCH3 is 1. The summed E-state index contributed by atoms with van der Waals surface area (Å²) in [6.45, 7) is 4.09. The largest absolute Gasteiger partial charge is 0.383 e. The molecule has 2 saturated heterocycles. The Bertz CT molecular complexity index is 701. The predicted octanol–water partition coefficient (Wildman–Crippen LogP) is 2.08. The zero-order valence-electron chi connectivity index (χ0n) is 16.7. The zero-order chi connectivity index (χ0) is 20.1. The molecule has 4 amide bonds. The van der Waals surface area contributed by atoms with Crippen molar-refractivity contribution in [2.45, 2.75) is 38.1 Å². The molecule has 7 heteroatoms. The van der Waals surface area contributed by atoms with Gasteiger partial charge in [-0.3, -0.25) is 14.5 Å². The molecule has 2 aliphatic heterocycles. The molecule has 2 heterocycles. The fourth-order valence-electron chi connectivity index (χ4n) is 3.97. The van der Waals surface area contributed by atoms with E-state index in [1.807, 2.05) is 23.1 Å². The minimum Gasteiger partial charge on any atom is -0.383 e. The van der Waals surface area contributed by atoms with Gasteiger partial charge >= 0.3 is 6.03 Å². The molecule has 0 saturated carbocycles. The number of urea groups is 1. The number of carbonyl (C=O) groups excluding carboxylic acids is 3. The third-order valence-corrected chi connectivity index (χ3v) is 5.71. The van der Waals surface area contributed by atoms with Crippen molar-refractivity contribution in [2.75, 3.05) is 39.9 Å². The zero-order valence-corrected chi connectivity index (χ0v) is 16.7. The number of hydrogen-bond acceptors (Lipinski definition) is 4. The highest BCUT2D eigenvalue weighted by atomic mass is 16.5. The molecule has 1 atom stereocenters. The highest BCUT2D eigenvalue weighted by molar-refractivity contribution is 6.02. The first kappa shape index (κ1) is 20.3. The Labute approximate surface area is 166 Å². The van der Waals surface area contributed by atoms with Crippen LogP contribution in [0.4, 0.5) is 4.79 Å². The molecule has 0 radical (unpaired) electrons. The van der Waals surface area contributed by atoms with Crippen LogP contribution in [0.25, 0.3) is 0 Å². The highest BCUT2D eigenvalue weighted by Gasteiger charge is 2.40. The normalized spacial score (nSPS) is 19.4. The lowest BCUT2D eigenvalue weighted by atomic mass is 9.96. The lowest BCUT2D eigenvalue weighted by Gasteiger charge is -2.36. The maximum Gasteiger partial charge on any atom is 0.327 e. The molecular formula is C21H29N3O4. The second-order valence-corrected chi connectivity index (χ2v) is 7.58. The topological polar surface area (TPSA) is 70.2 Å². The van der Waals surface area contributed by atoms with Gasteiger partial charge in [0.15, 0.2) is 0 Å². The van der Waals surface area contributed by atoms with Crippen LogP contribution in [0.15, 0.2) is 30.3 Å². The minimum absolute atomic E-state index is 0.0135. The highest BCUT2D eigenvalue weighted by Crippen LogP contribution is 2.24. The van der Waals surface area contributed by atoms with E-state index in [-0.39, 0.29) is 36.3 Å². The smallest absolute Gasteiger partial charge is 0.327 e. The lowest BCUT2D eigenvalue weighted by Crippen LogP contribution is -2.48. The van der Waals surface area contributed by atoms with Gasteiger partial charge in [-0.05, 0) is 24.3 Å². The molecule has 0 aromatic heterocycles. The van der Waals surface area contributed by atoms with Crippen LogP contribution in [0.2, 0.25) is 0 Å². The molecule has 1 unspecified atom stereocenters. The third-order valence-electron chi connectivity index (χ3n) is 5.71. The van der Waals surface area contributed by atoms with Crippen LogP contribution in [0, 0.1) is 0 Å². The Kier molecular flexibility index (Phi) is 6.67. The van der Waals surface area contributed by atoms with Crippen molar-refractivity contribution in [1.29, 1.82) is 0 Å². The summed E-state index contributed by atoms with van der Waals surface area (Å²) in [5.41, 5.74) is 1.17.